The van der Waals surface area contributed by atoms with Gasteiger partial charge in [-0.2, -0.15) is 0 Å². The maximum atomic E-state index is 11.2. The monoisotopic (exact) mass is 294 g/mol. The summed E-state index contributed by atoms with van der Waals surface area (Å²) in [7, 11) is 0. The van der Waals surface area contributed by atoms with Gasteiger partial charge < -0.3 is 14.4 Å². The van der Waals surface area contributed by atoms with Crippen molar-refractivity contribution in [3.8, 4) is 0 Å². The number of benzene rings is 1. The van der Waals surface area contributed by atoms with Crippen LogP contribution in [0.1, 0.15) is 31.6 Å². The zero-order valence-electron chi connectivity index (χ0n) is 11.0. The zero-order valence-corrected chi connectivity index (χ0v) is 11.8. The van der Waals surface area contributed by atoms with Crippen molar-refractivity contribution in [3.63, 3.8) is 0 Å². The van der Waals surface area contributed by atoms with Gasteiger partial charge in [0.1, 0.15) is 5.52 Å². The second kappa shape index (κ2) is 4.98. The Kier molecular flexibility index (Phi) is 3.30. The number of carbonyl (C=O) groups is 1. The first-order valence-electron chi connectivity index (χ1n) is 6.60. The van der Waals surface area contributed by atoms with Crippen molar-refractivity contribution in [1.29, 1.82) is 0 Å². The smallest absolute Gasteiger partial charge is 0.407 e. The van der Waals surface area contributed by atoms with Crippen LogP contribution in [0.2, 0.25) is 5.02 Å². The largest absolute Gasteiger partial charge is 0.465 e. The van der Waals surface area contributed by atoms with E-state index in [1.54, 1.807) is 18.2 Å². The van der Waals surface area contributed by atoms with Gasteiger partial charge in [0.25, 0.3) is 0 Å². The van der Waals surface area contributed by atoms with E-state index < -0.39 is 6.09 Å². The molecule has 1 aliphatic heterocycles. The first kappa shape index (κ1) is 13.2. The minimum Gasteiger partial charge on any atom is -0.465 e. The van der Waals surface area contributed by atoms with E-state index in [1.165, 1.54) is 4.90 Å². The summed E-state index contributed by atoms with van der Waals surface area (Å²) in [5, 5.41) is 9.82. The van der Waals surface area contributed by atoms with E-state index in [1.807, 2.05) is 6.92 Å². The van der Waals surface area contributed by atoms with Crippen molar-refractivity contribution >= 4 is 28.8 Å². The number of oxazole rings is 1. The molecule has 0 aliphatic carbocycles. The fraction of sp³-hybridized carbons (Fsp3) is 0.429. The lowest BCUT2D eigenvalue weighted by Gasteiger charge is -2.34. The molecule has 1 aliphatic rings. The molecule has 1 amide bonds. The molecule has 0 radical (unpaired) electrons. The summed E-state index contributed by atoms with van der Waals surface area (Å²) in [6.45, 7) is 2.35. The summed E-state index contributed by atoms with van der Waals surface area (Å²) in [6.07, 6.45) is 0.809. The Balaban J connectivity index is 1.89. The van der Waals surface area contributed by atoms with E-state index in [2.05, 4.69) is 4.98 Å². The molecular formula is C14H15ClN2O3. The molecule has 0 spiro atoms. The summed E-state index contributed by atoms with van der Waals surface area (Å²) < 4.78 is 5.74. The molecule has 6 heteroatoms. The first-order valence-corrected chi connectivity index (χ1v) is 6.98. The predicted octanol–water partition coefficient (Wildman–Crippen LogP) is 3.73. The molecule has 1 saturated heterocycles. The van der Waals surface area contributed by atoms with Gasteiger partial charge in [-0.3, -0.25) is 0 Å². The SMILES string of the molecule is CC1CCC(c2nc3cc(Cl)ccc3o2)CN1C(=O)O. The van der Waals surface area contributed by atoms with Crippen molar-refractivity contribution in [2.24, 2.45) is 0 Å². The third-order valence-corrected chi connectivity index (χ3v) is 4.08. The third kappa shape index (κ3) is 2.33. The molecule has 2 unspecified atom stereocenters. The number of fused-ring (bicyclic) bond motifs is 1. The molecule has 0 bridgehead atoms. The molecule has 106 valence electrons. The van der Waals surface area contributed by atoms with Gasteiger partial charge in [0, 0.05) is 17.6 Å². The molecule has 0 saturated carbocycles. The van der Waals surface area contributed by atoms with Crippen LogP contribution in [-0.4, -0.2) is 33.7 Å². The standard InChI is InChI=1S/C14H15ClN2O3/c1-8-2-3-9(7-17(8)14(18)19)13-16-11-6-10(15)4-5-12(11)20-13/h4-6,8-9H,2-3,7H2,1H3,(H,18,19). The normalized spacial score (nSPS) is 23.2. The Hall–Kier alpha value is -1.75. The number of hydrogen-bond acceptors (Lipinski definition) is 3. The number of piperidine rings is 1. The van der Waals surface area contributed by atoms with Crippen molar-refractivity contribution < 1.29 is 14.3 Å². The minimum atomic E-state index is -0.888. The Morgan fingerprint density at radius 2 is 2.30 bits per heavy atom. The fourth-order valence-electron chi connectivity index (χ4n) is 2.67. The van der Waals surface area contributed by atoms with Gasteiger partial charge in [-0.15, -0.1) is 0 Å². The Morgan fingerprint density at radius 3 is 3.05 bits per heavy atom. The molecular weight excluding hydrogens is 280 g/mol. The molecule has 20 heavy (non-hydrogen) atoms. The van der Waals surface area contributed by atoms with E-state index >= 15 is 0 Å². The lowest BCUT2D eigenvalue weighted by molar-refractivity contribution is 0.102. The fourth-order valence-corrected chi connectivity index (χ4v) is 2.83. The number of hydrogen-bond donors (Lipinski definition) is 1. The maximum Gasteiger partial charge on any atom is 0.407 e. The highest BCUT2D eigenvalue weighted by atomic mass is 35.5. The van der Waals surface area contributed by atoms with Crippen LogP contribution in [-0.2, 0) is 0 Å². The number of carboxylic acid groups (broad SMARTS) is 1. The van der Waals surface area contributed by atoms with Crippen molar-refractivity contribution in [1.82, 2.24) is 9.88 Å². The number of amides is 1. The topological polar surface area (TPSA) is 66.6 Å². The van der Waals surface area contributed by atoms with Crippen LogP contribution in [0.4, 0.5) is 4.79 Å². The van der Waals surface area contributed by atoms with Crippen LogP contribution >= 0.6 is 11.6 Å². The Labute approximate surface area is 121 Å². The highest BCUT2D eigenvalue weighted by Gasteiger charge is 2.32. The molecule has 1 fully saturated rings. The quantitative estimate of drug-likeness (QED) is 0.870. The lowest BCUT2D eigenvalue weighted by atomic mass is 9.94. The summed E-state index contributed by atoms with van der Waals surface area (Å²) in [4.78, 5) is 17.1. The van der Waals surface area contributed by atoms with Crippen molar-refractivity contribution in [2.45, 2.75) is 31.7 Å². The molecule has 2 atom stereocenters. The second-order valence-corrected chi connectivity index (χ2v) is 5.66. The number of halogens is 1. The molecule has 3 rings (SSSR count). The number of nitrogens with zero attached hydrogens (tertiary/aromatic N) is 2. The molecule has 2 heterocycles. The minimum absolute atomic E-state index is 0.00785. The Bertz CT molecular complexity index is 655. The second-order valence-electron chi connectivity index (χ2n) is 5.22. The molecule has 5 nitrogen and oxygen atoms in total. The highest BCUT2D eigenvalue weighted by molar-refractivity contribution is 6.31. The number of aromatic nitrogens is 1. The number of rotatable bonds is 1. The Morgan fingerprint density at radius 1 is 1.50 bits per heavy atom. The van der Waals surface area contributed by atoms with Gasteiger partial charge in [-0.25, -0.2) is 9.78 Å². The average molecular weight is 295 g/mol. The zero-order chi connectivity index (χ0) is 14.3. The molecule has 1 aromatic carbocycles. The van der Waals surface area contributed by atoms with Crippen LogP contribution in [0, 0.1) is 0 Å². The summed E-state index contributed by atoms with van der Waals surface area (Å²) in [6, 6.07) is 5.34. The van der Waals surface area contributed by atoms with Crippen LogP contribution in [0.25, 0.3) is 11.1 Å². The van der Waals surface area contributed by atoms with E-state index in [0.717, 1.165) is 12.8 Å². The van der Waals surface area contributed by atoms with Crippen LogP contribution in [0.5, 0.6) is 0 Å². The highest BCUT2D eigenvalue weighted by Crippen LogP contribution is 2.32. The van der Waals surface area contributed by atoms with Crippen LogP contribution < -0.4 is 0 Å². The third-order valence-electron chi connectivity index (χ3n) is 3.84. The van der Waals surface area contributed by atoms with Gasteiger partial charge in [0.15, 0.2) is 11.5 Å². The lowest BCUT2D eigenvalue weighted by Crippen LogP contribution is -2.44. The molecule has 1 N–H and O–H groups in total. The number of likely N-dealkylation sites (tertiary alicyclic amines) is 1. The van der Waals surface area contributed by atoms with E-state index in [4.69, 9.17) is 16.0 Å². The van der Waals surface area contributed by atoms with E-state index in [-0.39, 0.29) is 12.0 Å². The summed E-state index contributed by atoms with van der Waals surface area (Å²) in [5.74, 6) is 0.605. The summed E-state index contributed by atoms with van der Waals surface area (Å²) >= 11 is 5.93. The average Bonchev–Trinajstić information content (AvgIpc) is 2.81. The van der Waals surface area contributed by atoms with Crippen LogP contribution in [0.3, 0.4) is 0 Å². The summed E-state index contributed by atoms with van der Waals surface area (Å²) in [5.41, 5.74) is 1.40. The molecule has 2 aromatic rings. The van der Waals surface area contributed by atoms with Gasteiger partial charge in [0.2, 0.25) is 0 Å². The predicted molar refractivity (Wildman–Crippen MR) is 75.2 cm³/mol. The van der Waals surface area contributed by atoms with E-state index in [0.29, 0.717) is 28.6 Å². The maximum absolute atomic E-state index is 11.2. The van der Waals surface area contributed by atoms with Crippen molar-refractivity contribution in [3.05, 3.63) is 29.1 Å². The van der Waals surface area contributed by atoms with Crippen LogP contribution in [0.15, 0.2) is 22.6 Å². The van der Waals surface area contributed by atoms with E-state index in [9.17, 15) is 9.90 Å². The van der Waals surface area contributed by atoms with Gasteiger partial charge in [-0.05, 0) is 38.0 Å². The van der Waals surface area contributed by atoms with Gasteiger partial charge >= 0.3 is 6.09 Å². The first-order chi connectivity index (χ1) is 9.54. The van der Waals surface area contributed by atoms with Gasteiger partial charge in [-0.1, -0.05) is 11.6 Å². The molecule has 1 aromatic heterocycles. The van der Waals surface area contributed by atoms with Gasteiger partial charge in [0.05, 0.1) is 5.92 Å². The van der Waals surface area contributed by atoms with Crippen molar-refractivity contribution in [2.75, 3.05) is 6.54 Å².